The van der Waals surface area contributed by atoms with Gasteiger partial charge in [0, 0.05) is 17.1 Å². The van der Waals surface area contributed by atoms with E-state index in [9.17, 15) is 0 Å². The molecule has 2 aliphatic carbocycles. The molecular formula is C63H43NOS. The smallest absolute Gasteiger partial charge is 0.138 e. The SMILES string of the molecule is c1ccc(C2(c3ccccc3)c3ccccc3-c3cc(N(c4cccc(-c5ccc6c(c5)SCO6)c4)c4ccc5c(c4)C(c4ccccc4)(c4ccccc4)c4ccccc4-5)ccc32)cc1. The number of nitrogens with zero attached hydrogens (tertiary/aromatic N) is 1. The van der Waals surface area contributed by atoms with Crippen LogP contribution < -0.4 is 9.64 Å². The van der Waals surface area contributed by atoms with Crippen LogP contribution in [0.25, 0.3) is 33.4 Å². The van der Waals surface area contributed by atoms with Crippen LogP contribution in [-0.4, -0.2) is 5.94 Å². The van der Waals surface area contributed by atoms with Crippen molar-refractivity contribution in [2.24, 2.45) is 0 Å². The first kappa shape index (κ1) is 38.6. The molecule has 13 rings (SSSR count). The molecule has 0 unspecified atom stereocenters. The maximum absolute atomic E-state index is 5.89. The molecule has 0 radical (unpaired) electrons. The first-order chi connectivity index (χ1) is 32.7. The molecule has 0 aromatic heterocycles. The third kappa shape index (κ3) is 5.70. The van der Waals surface area contributed by atoms with Crippen LogP contribution >= 0.6 is 11.8 Å². The lowest BCUT2D eigenvalue weighted by Crippen LogP contribution is -2.29. The van der Waals surface area contributed by atoms with Gasteiger partial charge >= 0.3 is 0 Å². The average Bonchev–Trinajstić information content (AvgIpc) is 4.08. The third-order valence-electron chi connectivity index (χ3n) is 14.2. The molecule has 2 nitrogen and oxygen atoms in total. The van der Waals surface area contributed by atoms with Crippen molar-refractivity contribution in [3.05, 3.63) is 293 Å². The van der Waals surface area contributed by atoms with Crippen LogP contribution in [0.3, 0.4) is 0 Å². The zero-order chi connectivity index (χ0) is 43.7. The highest BCUT2D eigenvalue weighted by Gasteiger charge is 2.48. The predicted octanol–water partition coefficient (Wildman–Crippen LogP) is 16.0. The Morgan fingerprint density at radius 3 is 1.42 bits per heavy atom. The predicted molar refractivity (Wildman–Crippen MR) is 273 cm³/mol. The van der Waals surface area contributed by atoms with Crippen molar-refractivity contribution in [2.75, 3.05) is 10.8 Å². The van der Waals surface area contributed by atoms with Gasteiger partial charge in [-0.25, -0.2) is 0 Å². The minimum atomic E-state index is -0.538. The van der Waals surface area contributed by atoms with Crippen molar-refractivity contribution < 1.29 is 4.74 Å². The Morgan fingerprint density at radius 1 is 0.333 bits per heavy atom. The zero-order valence-corrected chi connectivity index (χ0v) is 37.0. The highest BCUT2D eigenvalue weighted by atomic mass is 32.2. The number of fused-ring (bicyclic) bond motifs is 7. The fraction of sp³-hybridized carbons (Fsp3) is 0.0476. The van der Waals surface area contributed by atoms with Crippen LogP contribution in [0, 0.1) is 0 Å². The second-order valence-corrected chi connectivity index (χ2v) is 18.4. The van der Waals surface area contributed by atoms with Crippen LogP contribution in [0.5, 0.6) is 5.75 Å². The minimum Gasteiger partial charge on any atom is -0.481 e. The average molecular weight is 862 g/mol. The molecule has 0 N–H and O–H groups in total. The van der Waals surface area contributed by atoms with Gasteiger partial charge in [-0.3, -0.25) is 0 Å². The normalized spacial score (nSPS) is 14.3. The molecule has 312 valence electrons. The molecule has 0 bridgehead atoms. The number of hydrogen-bond donors (Lipinski definition) is 0. The van der Waals surface area contributed by atoms with Gasteiger partial charge in [0.1, 0.15) is 11.7 Å². The van der Waals surface area contributed by atoms with E-state index in [1.54, 1.807) is 11.8 Å². The van der Waals surface area contributed by atoms with E-state index in [1.165, 1.54) is 77.2 Å². The van der Waals surface area contributed by atoms with Crippen molar-refractivity contribution in [1.82, 2.24) is 0 Å². The lowest BCUT2D eigenvalue weighted by atomic mass is 9.67. The van der Waals surface area contributed by atoms with Gasteiger partial charge in [0.05, 0.1) is 15.7 Å². The summed E-state index contributed by atoms with van der Waals surface area (Å²) in [5.41, 5.74) is 19.8. The molecule has 0 fully saturated rings. The number of rotatable bonds is 8. The van der Waals surface area contributed by atoms with Crippen molar-refractivity contribution >= 4 is 28.8 Å². The highest BCUT2D eigenvalue weighted by Crippen LogP contribution is 2.59. The van der Waals surface area contributed by atoms with Crippen molar-refractivity contribution in [1.29, 1.82) is 0 Å². The van der Waals surface area contributed by atoms with E-state index in [-0.39, 0.29) is 0 Å². The topological polar surface area (TPSA) is 12.5 Å². The van der Waals surface area contributed by atoms with E-state index in [0.29, 0.717) is 5.94 Å². The summed E-state index contributed by atoms with van der Waals surface area (Å²) in [4.78, 5) is 3.66. The molecule has 0 saturated heterocycles. The summed E-state index contributed by atoms with van der Waals surface area (Å²) in [7, 11) is 0. The van der Waals surface area contributed by atoms with E-state index in [0.717, 1.165) is 28.4 Å². The largest absolute Gasteiger partial charge is 0.481 e. The van der Waals surface area contributed by atoms with Crippen LogP contribution in [0.2, 0.25) is 0 Å². The third-order valence-corrected chi connectivity index (χ3v) is 15.1. The molecule has 0 amide bonds. The van der Waals surface area contributed by atoms with Gasteiger partial charge in [0.25, 0.3) is 0 Å². The Kier molecular flexibility index (Phi) is 9.01. The second kappa shape index (κ2) is 15.4. The standard InChI is InChI=1S/C63H43NOS/c1-5-19-45(20-6-1)62(46-21-7-2-8-22-46)57-31-16-14-29-53(57)55-40-50(34-36-58(55)62)64(49-27-17-18-43(38-49)44-32-37-60-61(39-44)66-42-65-60)51-33-35-54-52-28-13-15-30-56(52)63(59(54)41-51,47-23-9-3-10-24-47)48-25-11-4-12-26-48/h1-41H,42H2. The molecule has 1 heterocycles. The fourth-order valence-corrected chi connectivity index (χ4v) is 12.3. The van der Waals surface area contributed by atoms with Crippen LogP contribution in [0.4, 0.5) is 17.1 Å². The van der Waals surface area contributed by atoms with Gasteiger partial charge in [-0.1, -0.05) is 212 Å². The van der Waals surface area contributed by atoms with Crippen LogP contribution in [0.1, 0.15) is 44.5 Å². The van der Waals surface area contributed by atoms with Gasteiger partial charge in [0.2, 0.25) is 0 Å². The lowest BCUT2D eigenvalue weighted by molar-refractivity contribution is 0.397. The summed E-state index contributed by atoms with van der Waals surface area (Å²) in [5.74, 6) is 1.61. The van der Waals surface area contributed by atoms with Crippen molar-refractivity contribution in [2.45, 2.75) is 15.7 Å². The Bertz CT molecular complexity index is 3380. The lowest BCUT2D eigenvalue weighted by Gasteiger charge is -2.35. The molecule has 0 spiro atoms. The fourth-order valence-electron chi connectivity index (χ4n) is 11.5. The molecule has 3 heteroatoms. The molecule has 66 heavy (non-hydrogen) atoms. The van der Waals surface area contributed by atoms with Crippen molar-refractivity contribution in [3.63, 3.8) is 0 Å². The minimum absolute atomic E-state index is 0.489. The molecular weight excluding hydrogens is 819 g/mol. The van der Waals surface area contributed by atoms with Gasteiger partial charge in [-0.2, -0.15) is 0 Å². The zero-order valence-electron chi connectivity index (χ0n) is 36.1. The highest BCUT2D eigenvalue weighted by molar-refractivity contribution is 7.99. The van der Waals surface area contributed by atoms with Gasteiger partial charge in [-0.15, -0.1) is 0 Å². The van der Waals surface area contributed by atoms with Crippen LogP contribution in [-0.2, 0) is 10.8 Å². The van der Waals surface area contributed by atoms with Gasteiger partial charge in [-0.05, 0) is 126 Å². The summed E-state index contributed by atoms with van der Waals surface area (Å²) in [6.07, 6.45) is 0. The molecule has 0 atom stereocenters. The first-order valence-electron chi connectivity index (χ1n) is 22.7. The first-order valence-corrected chi connectivity index (χ1v) is 23.7. The van der Waals surface area contributed by atoms with E-state index in [1.807, 2.05) is 0 Å². The van der Waals surface area contributed by atoms with E-state index >= 15 is 0 Å². The summed E-state index contributed by atoms with van der Waals surface area (Å²) >= 11 is 1.75. The molecule has 0 saturated carbocycles. The Hall–Kier alpha value is -7.85. The number of hydrogen-bond acceptors (Lipinski definition) is 3. The van der Waals surface area contributed by atoms with Crippen LogP contribution in [0.15, 0.2) is 254 Å². The van der Waals surface area contributed by atoms with Gasteiger partial charge < -0.3 is 9.64 Å². The summed E-state index contributed by atoms with van der Waals surface area (Å²) in [6.45, 7) is 0. The number of anilines is 3. The molecule has 3 aliphatic rings. The summed E-state index contributed by atoms with van der Waals surface area (Å²) in [5, 5.41) is 0. The molecule has 10 aromatic rings. The Morgan fingerprint density at radius 2 is 0.803 bits per heavy atom. The maximum Gasteiger partial charge on any atom is 0.138 e. The van der Waals surface area contributed by atoms with E-state index < -0.39 is 10.8 Å². The number of benzene rings is 10. The number of thioether (sulfide) groups is 1. The van der Waals surface area contributed by atoms with Gasteiger partial charge in [0.15, 0.2) is 0 Å². The second-order valence-electron chi connectivity index (χ2n) is 17.5. The Labute approximate surface area is 390 Å². The monoisotopic (exact) mass is 861 g/mol. The Balaban J connectivity index is 1.07. The molecule has 10 aromatic carbocycles. The summed E-state index contributed by atoms with van der Waals surface area (Å²) < 4.78 is 5.89. The van der Waals surface area contributed by atoms with Crippen molar-refractivity contribution in [3.8, 4) is 39.1 Å². The quantitative estimate of drug-likeness (QED) is 0.151. The number of ether oxygens (including phenoxy) is 1. The van der Waals surface area contributed by atoms with E-state index in [2.05, 4.69) is 254 Å². The van der Waals surface area contributed by atoms with E-state index in [4.69, 9.17) is 4.74 Å². The summed E-state index contributed by atoms with van der Waals surface area (Å²) in [6, 6.07) is 92.3. The maximum atomic E-state index is 5.89. The molecule has 1 aliphatic heterocycles.